The van der Waals surface area contributed by atoms with E-state index < -0.39 is 10.0 Å². The van der Waals surface area contributed by atoms with Gasteiger partial charge in [0, 0.05) is 21.6 Å². The van der Waals surface area contributed by atoms with Crippen LogP contribution in [-0.2, 0) is 10.0 Å². The molecule has 5 nitrogen and oxygen atoms in total. The number of benzene rings is 2. The van der Waals surface area contributed by atoms with E-state index in [4.69, 9.17) is 16.3 Å². The maximum absolute atomic E-state index is 12.5. The summed E-state index contributed by atoms with van der Waals surface area (Å²) in [6.07, 6.45) is 0. The fraction of sp³-hybridized carbons (Fsp3) is 0.250. The minimum atomic E-state index is -3.72. The Labute approximate surface area is 169 Å². The predicted molar refractivity (Wildman–Crippen MR) is 108 cm³/mol. The highest BCUT2D eigenvalue weighted by atomic mass is 79.9. The summed E-state index contributed by atoms with van der Waals surface area (Å²) >= 11 is 12.7. The second-order valence-electron chi connectivity index (χ2n) is 5.48. The highest BCUT2D eigenvalue weighted by Crippen LogP contribution is 2.30. The lowest BCUT2D eigenvalue weighted by atomic mass is 10.3. The van der Waals surface area contributed by atoms with Crippen LogP contribution in [0.3, 0.4) is 0 Å². The minimum absolute atomic E-state index is 0.146. The maximum atomic E-state index is 12.5. The molecule has 0 unspecified atom stereocenters. The second kappa shape index (κ2) is 8.73. The molecule has 2 aromatic rings. The zero-order valence-corrected chi connectivity index (χ0v) is 18.3. The molecule has 0 atom stereocenters. The molecular formula is C16H17Br2ClN2O3S. The van der Waals surface area contributed by atoms with E-state index in [1.807, 2.05) is 19.0 Å². The first-order chi connectivity index (χ1) is 11.7. The molecule has 0 heterocycles. The molecule has 0 fully saturated rings. The smallest absolute Gasteiger partial charge is 0.261 e. The normalized spacial score (nSPS) is 11.6. The van der Waals surface area contributed by atoms with Crippen molar-refractivity contribution < 1.29 is 13.2 Å². The molecule has 0 saturated carbocycles. The summed E-state index contributed by atoms with van der Waals surface area (Å²) in [7, 11) is 0.149. The standard InChI is InChI=1S/C16H17Br2ClN2O3S/c1-21(2)7-8-24-16-9-11(3-6-15(16)19)20-25(22,23)12-4-5-13(17)14(18)10-12/h3-6,9-10,20H,7-8H2,1-2H3. The van der Waals surface area contributed by atoms with Crippen molar-refractivity contribution in [1.82, 2.24) is 4.90 Å². The molecule has 0 amide bonds. The van der Waals surface area contributed by atoms with Crippen LogP contribution in [0.25, 0.3) is 0 Å². The third kappa shape index (κ3) is 5.86. The fourth-order valence-corrected chi connectivity index (χ4v) is 3.90. The quantitative estimate of drug-likeness (QED) is 0.589. The van der Waals surface area contributed by atoms with Gasteiger partial charge in [-0.3, -0.25) is 4.72 Å². The van der Waals surface area contributed by atoms with Crippen LogP contribution >= 0.6 is 43.5 Å². The van der Waals surface area contributed by atoms with Crippen LogP contribution in [0.4, 0.5) is 5.69 Å². The van der Waals surface area contributed by atoms with Gasteiger partial charge in [-0.2, -0.15) is 0 Å². The van der Waals surface area contributed by atoms with Crippen molar-refractivity contribution in [2.45, 2.75) is 4.90 Å². The molecule has 0 aliphatic carbocycles. The number of nitrogens with one attached hydrogen (secondary N) is 1. The number of nitrogens with zero attached hydrogens (tertiary/aromatic N) is 1. The Morgan fingerprint density at radius 2 is 1.84 bits per heavy atom. The topological polar surface area (TPSA) is 58.6 Å². The highest BCUT2D eigenvalue weighted by molar-refractivity contribution is 9.13. The second-order valence-corrected chi connectivity index (χ2v) is 9.28. The number of sulfonamides is 1. The van der Waals surface area contributed by atoms with Gasteiger partial charge in [0.25, 0.3) is 10.0 Å². The number of anilines is 1. The van der Waals surface area contributed by atoms with E-state index in [1.54, 1.807) is 24.3 Å². The average Bonchev–Trinajstić information content (AvgIpc) is 2.52. The highest BCUT2D eigenvalue weighted by Gasteiger charge is 2.16. The fourth-order valence-electron chi connectivity index (χ4n) is 1.87. The van der Waals surface area contributed by atoms with Crippen molar-refractivity contribution in [3.8, 4) is 5.75 Å². The molecule has 0 saturated heterocycles. The van der Waals surface area contributed by atoms with Gasteiger partial charge < -0.3 is 9.64 Å². The number of ether oxygens (including phenoxy) is 1. The Morgan fingerprint density at radius 1 is 1.12 bits per heavy atom. The molecule has 0 spiro atoms. The molecular weight excluding hydrogens is 496 g/mol. The molecule has 0 radical (unpaired) electrons. The van der Waals surface area contributed by atoms with Gasteiger partial charge in [-0.1, -0.05) is 11.6 Å². The molecule has 0 bridgehead atoms. The van der Waals surface area contributed by atoms with E-state index in [-0.39, 0.29) is 4.90 Å². The Morgan fingerprint density at radius 3 is 2.48 bits per heavy atom. The summed E-state index contributed by atoms with van der Waals surface area (Å²) in [6, 6.07) is 9.46. The monoisotopic (exact) mass is 510 g/mol. The van der Waals surface area contributed by atoms with Crippen molar-refractivity contribution in [2.24, 2.45) is 0 Å². The minimum Gasteiger partial charge on any atom is -0.491 e. The van der Waals surface area contributed by atoms with Crippen LogP contribution < -0.4 is 9.46 Å². The summed E-state index contributed by atoms with van der Waals surface area (Å²) in [5, 5.41) is 0.424. The first-order valence-electron chi connectivity index (χ1n) is 7.24. The Bertz CT molecular complexity index is 860. The van der Waals surface area contributed by atoms with Gasteiger partial charge in [0.2, 0.25) is 0 Å². The van der Waals surface area contributed by atoms with E-state index >= 15 is 0 Å². The molecule has 0 aliphatic rings. The summed E-state index contributed by atoms with van der Waals surface area (Å²) in [5.74, 6) is 0.431. The largest absolute Gasteiger partial charge is 0.491 e. The number of hydrogen-bond donors (Lipinski definition) is 1. The van der Waals surface area contributed by atoms with Crippen LogP contribution in [0, 0.1) is 0 Å². The summed E-state index contributed by atoms with van der Waals surface area (Å²) < 4.78 is 34.7. The van der Waals surface area contributed by atoms with Crippen LogP contribution in [0.15, 0.2) is 50.2 Å². The van der Waals surface area contributed by atoms with Gasteiger partial charge in [0.05, 0.1) is 15.6 Å². The number of likely N-dealkylation sites (N-methyl/N-ethyl adjacent to an activating group) is 1. The van der Waals surface area contributed by atoms with Gasteiger partial charge in [0.1, 0.15) is 12.4 Å². The van der Waals surface area contributed by atoms with E-state index in [0.29, 0.717) is 27.5 Å². The van der Waals surface area contributed by atoms with Crippen LogP contribution in [-0.4, -0.2) is 40.6 Å². The van der Waals surface area contributed by atoms with Crippen molar-refractivity contribution in [1.29, 1.82) is 0 Å². The Balaban J connectivity index is 2.19. The van der Waals surface area contributed by atoms with Crippen molar-refractivity contribution in [3.63, 3.8) is 0 Å². The number of halogens is 3. The van der Waals surface area contributed by atoms with Crippen LogP contribution in [0.2, 0.25) is 5.02 Å². The zero-order chi connectivity index (χ0) is 18.6. The van der Waals surface area contributed by atoms with E-state index in [1.165, 1.54) is 12.1 Å². The summed E-state index contributed by atoms with van der Waals surface area (Å²) in [4.78, 5) is 2.12. The molecule has 2 aromatic carbocycles. The average molecular weight is 513 g/mol. The van der Waals surface area contributed by atoms with Gasteiger partial charge in [-0.15, -0.1) is 0 Å². The van der Waals surface area contributed by atoms with E-state index in [9.17, 15) is 8.42 Å². The molecule has 2 rings (SSSR count). The summed E-state index contributed by atoms with van der Waals surface area (Å²) in [5.41, 5.74) is 0.378. The molecule has 136 valence electrons. The molecule has 1 N–H and O–H groups in total. The first-order valence-corrected chi connectivity index (χ1v) is 10.7. The van der Waals surface area contributed by atoms with E-state index in [2.05, 4.69) is 36.6 Å². The van der Waals surface area contributed by atoms with Gasteiger partial charge in [-0.05, 0) is 76.3 Å². The maximum Gasteiger partial charge on any atom is 0.261 e. The predicted octanol–water partition coefficient (Wildman–Crippen LogP) is 4.61. The SMILES string of the molecule is CN(C)CCOc1cc(NS(=O)(=O)c2ccc(Br)c(Br)c2)ccc1Cl. The van der Waals surface area contributed by atoms with E-state index in [0.717, 1.165) is 11.0 Å². The molecule has 9 heteroatoms. The Kier molecular flexibility index (Phi) is 7.16. The third-order valence-corrected chi connectivity index (χ3v) is 6.75. The van der Waals surface area contributed by atoms with Crippen molar-refractivity contribution in [3.05, 3.63) is 50.4 Å². The summed E-state index contributed by atoms with van der Waals surface area (Å²) in [6.45, 7) is 1.17. The lowest BCUT2D eigenvalue weighted by Crippen LogP contribution is -2.19. The number of hydrogen-bond acceptors (Lipinski definition) is 4. The van der Waals surface area contributed by atoms with Gasteiger partial charge in [0.15, 0.2) is 0 Å². The zero-order valence-electron chi connectivity index (χ0n) is 13.6. The van der Waals surface area contributed by atoms with Crippen molar-refractivity contribution in [2.75, 3.05) is 32.0 Å². The van der Waals surface area contributed by atoms with Crippen LogP contribution in [0.1, 0.15) is 0 Å². The molecule has 0 aromatic heterocycles. The Hall–Kier alpha value is -0.800. The molecule has 0 aliphatic heterocycles. The lowest BCUT2D eigenvalue weighted by Gasteiger charge is -2.14. The van der Waals surface area contributed by atoms with Gasteiger partial charge >= 0.3 is 0 Å². The lowest BCUT2D eigenvalue weighted by molar-refractivity contribution is 0.261. The number of rotatable bonds is 7. The van der Waals surface area contributed by atoms with Gasteiger partial charge in [-0.25, -0.2) is 8.42 Å². The third-order valence-electron chi connectivity index (χ3n) is 3.18. The van der Waals surface area contributed by atoms with Crippen molar-refractivity contribution >= 4 is 59.2 Å². The first kappa shape index (κ1) is 20.5. The van der Waals surface area contributed by atoms with Crippen LogP contribution in [0.5, 0.6) is 5.75 Å². The molecule has 25 heavy (non-hydrogen) atoms.